The molecule has 64 valence electrons. The number of hydrogen-bond acceptors (Lipinski definition) is 0. The van der Waals surface area contributed by atoms with E-state index in [-0.39, 0.29) is 0 Å². The minimum atomic E-state index is 1.07. The normalized spacial score (nSPS) is 11.7. The second kappa shape index (κ2) is 4.76. The minimum Gasteiger partial charge on any atom is -0.0812 e. The molecule has 0 nitrogen and oxygen atoms in total. The zero-order valence-electron chi connectivity index (χ0n) is 7.88. The highest BCUT2D eigenvalue weighted by atomic mass is 13.9. The molecule has 0 radical (unpaired) electrons. The molecule has 0 fully saturated rings. The topological polar surface area (TPSA) is 0 Å². The van der Waals surface area contributed by atoms with Crippen LogP contribution in [0, 0.1) is 0 Å². The molecular formula is C12H16. The first kappa shape index (κ1) is 9.05. The Hall–Kier alpha value is -1.04. The number of rotatable bonds is 3. The third-order valence-electron chi connectivity index (χ3n) is 2.09. The van der Waals surface area contributed by atoms with Gasteiger partial charge in [0.1, 0.15) is 0 Å². The molecule has 0 heterocycles. The van der Waals surface area contributed by atoms with Crippen molar-refractivity contribution in [2.45, 2.75) is 26.7 Å². The molecule has 0 aromatic heterocycles. The van der Waals surface area contributed by atoms with Crippen LogP contribution in [0.3, 0.4) is 0 Å². The van der Waals surface area contributed by atoms with Gasteiger partial charge in [-0.1, -0.05) is 48.9 Å². The maximum absolute atomic E-state index is 2.30. The Morgan fingerprint density at radius 1 is 1.25 bits per heavy atom. The lowest BCUT2D eigenvalue weighted by Gasteiger charge is -1.97. The van der Waals surface area contributed by atoms with E-state index in [0.29, 0.717) is 0 Å². The van der Waals surface area contributed by atoms with Crippen LogP contribution >= 0.6 is 0 Å². The van der Waals surface area contributed by atoms with E-state index in [1.807, 2.05) is 0 Å². The largest absolute Gasteiger partial charge is 0.0812 e. The Morgan fingerprint density at radius 2 is 1.92 bits per heavy atom. The Bertz CT molecular complexity index is 244. The minimum absolute atomic E-state index is 1.07. The van der Waals surface area contributed by atoms with Crippen LogP contribution in [0.5, 0.6) is 0 Å². The van der Waals surface area contributed by atoms with E-state index in [2.05, 4.69) is 50.3 Å². The van der Waals surface area contributed by atoms with Crippen LogP contribution in [0.2, 0.25) is 0 Å². The molecule has 0 saturated carbocycles. The van der Waals surface area contributed by atoms with Crippen molar-refractivity contribution in [3.8, 4) is 0 Å². The van der Waals surface area contributed by atoms with Gasteiger partial charge in [0.05, 0.1) is 0 Å². The van der Waals surface area contributed by atoms with Gasteiger partial charge in [0.15, 0.2) is 0 Å². The van der Waals surface area contributed by atoms with Crippen LogP contribution in [0.15, 0.2) is 42.0 Å². The monoisotopic (exact) mass is 160 g/mol. The molecule has 12 heavy (non-hydrogen) atoms. The number of hydrogen-bond donors (Lipinski definition) is 0. The van der Waals surface area contributed by atoms with Gasteiger partial charge in [-0.25, -0.2) is 0 Å². The van der Waals surface area contributed by atoms with Gasteiger partial charge in [-0.05, 0) is 25.3 Å². The summed E-state index contributed by atoms with van der Waals surface area (Å²) in [6, 6.07) is 10.6. The van der Waals surface area contributed by atoms with E-state index in [9.17, 15) is 0 Å². The molecule has 0 heteroatoms. The summed E-state index contributed by atoms with van der Waals surface area (Å²) in [5.41, 5.74) is 2.86. The first-order valence-corrected chi connectivity index (χ1v) is 4.52. The summed E-state index contributed by atoms with van der Waals surface area (Å²) in [5.74, 6) is 0. The maximum atomic E-state index is 2.30. The molecule has 0 aliphatic rings. The summed E-state index contributed by atoms with van der Waals surface area (Å²) in [6.07, 6.45) is 4.53. The summed E-state index contributed by atoms with van der Waals surface area (Å²) in [5, 5.41) is 0. The van der Waals surface area contributed by atoms with Crippen molar-refractivity contribution < 1.29 is 0 Å². The zero-order chi connectivity index (χ0) is 8.81. The smallest absolute Gasteiger partial charge is 0.00949 e. The Balaban J connectivity index is 2.54. The van der Waals surface area contributed by atoms with Crippen molar-refractivity contribution in [1.29, 1.82) is 0 Å². The van der Waals surface area contributed by atoms with Crippen molar-refractivity contribution in [1.82, 2.24) is 0 Å². The van der Waals surface area contributed by atoms with Gasteiger partial charge in [0.25, 0.3) is 0 Å². The molecule has 0 aliphatic carbocycles. The van der Waals surface area contributed by atoms with E-state index in [1.54, 1.807) is 0 Å². The predicted octanol–water partition coefficient (Wildman–Crippen LogP) is 3.59. The molecule has 0 aliphatic heterocycles. The maximum Gasteiger partial charge on any atom is -0.00949 e. The van der Waals surface area contributed by atoms with Crippen LogP contribution in [-0.2, 0) is 6.42 Å². The van der Waals surface area contributed by atoms with Gasteiger partial charge in [-0.15, -0.1) is 0 Å². The molecule has 0 amide bonds. The SMILES string of the molecule is CC/C(C)=C/Cc1ccccc1. The summed E-state index contributed by atoms with van der Waals surface area (Å²) >= 11 is 0. The highest BCUT2D eigenvalue weighted by Crippen LogP contribution is 2.04. The number of benzene rings is 1. The molecular weight excluding hydrogens is 144 g/mol. The fourth-order valence-electron chi connectivity index (χ4n) is 1.05. The Kier molecular flexibility index (Phi) is 3.59. The summed E-state index contributed by atoms with van der Waals surface area (Å²) in [4.78, 5) is 0. The highest BCUT2D eigenvalue weighted by Gasteiger charge is 1.87. The van der Waals surface area contributed by atoms with Crippen molar-refractivity contribution in [2.75, 3.05) is 0 Å². The molecule has 1 aromatic carbocycles. The van der Waals surface area contributed by atoms with E-state index in [0.717, 1.165) is 12.8 Å². The second-order valence-corrected chi connectivity index (χ2v) is 3.09. The quantitative estimate of drug-likeness (QED) is 0.593. The van der Waals surface area contributed by atoms with Gasteiger partial charge in [-0.3, -0.25) is 0 Å². The number of allylic oxidation sites excluding steroid dienone is 2. The Morgan fingerprint density at radius 3 is 2.50 bits per heavy atom. The van der Waals surface area contributed by atoms with Gasteiger partial charge < -0.3 is 0 Å². The van der Waals surface area contributed by atoms with Crippen molar-refractivity contribution >= 4 is 0 Å². The van der Waals surface area contributed by atoms with E-state index in [4.69, 9.17) is 0 Å². The molecule has 0 saturated heterocycles. The molecule has 0 N–H and O–H groups in total. The third kappa shape index (κ3) is 2.91. The van der Waals surface area contributed by atoms with Gasteiger partial charge in [-0.2, -0.15) is 0 Å². The molecule has 0 atom stereocenters. The third-order valence-corrected chi connectivity index (χ3v) is 2.09. The van der Waals surface area contributed by atoms with E-state index >= 15 is 0 Å². The van der Waals surface area contributed by atoms with E-state index in [1.165, 1.54) is 11.1 Å². The lowest BCUT2D eigenvalue weighted by Crippen LogP contribution is -1.80. The van der Waals surface area contributed by atoms with Gasteiger partial charge >= 0.3 is 0 Å². The Labute approximate surface area is 74.9 Å². The van der Waals surface area contributed by atoms with Crippen molar-refractivity contribution in [3.05, 3.63) is 47.5 Å². The van der Waals surface area contributed by atoms with Crippen molar-refractivity contribution in [2.24, 2.45) is 0 Å². The van der Waals surface area contributed by atoms with Crippen LogP contribution in [0.4, 0.5) is 0 Å². The van der Waals surface area contributed by atoms with Gasteiger partial charge in [0.2, 0.25) is 0 Å². The fourth-order valence-corrected chi connectivity index (χ4v) is 1.05. The molecule has 1 rings (SSSR count). The van der Waals surface area contributed by atoms with Crippen LogP contribution in [0.25, 0.3) is 0 Å². The van der Waals surface area contributed by atoms with Gasteiger partial charge in [0, 0.05) is 0 Å². The molecule has 0 bridgehead atoms. The highest BCUT2D eigenvalue weighted by molar-refractivity contribution is 5.18. The van der Waals surface area contributed by atoms with Crippen LogP contribution < -0.4 is 0 Å². The first-order chi connectivity index (χ1) is 5.83. The average molecular weight is 160 g/mol. The summed E-state index contributed by atoms with van der Waals surface area (Å²) in [7, 11) is 0. The predicted molar refractivity (Wildman–Crippen MR) is 54.2 cm³/mol. The van der Waals surface area contributed by atoms with Crippen LogP contribution in [-0.4, -0.2) is 0 Å². The average Bonchev–Trinajstić information content (AvgIpc) is 2.16. The van der Waals surface area contributed by atoms with Crippen molar-refractivity contribution in [3.63, 3.8) is 0 Å². The lowest BCUT2D eigenvalue weighted by atomic mass is 10.1. The molecule has 1 aromatic rings. The van der Waals surface area contributed by atoms with E-state index < -0.39 is 0 Å². The summed E-state index contributed by atoms with van der Waals surface area (Å²) < 4.78 is 0. The second-order valence-electron chi connectivity index (χ2n) is 3.09. The van der Waals surface area contributed by atoms with Crippen LogP contribution in [0.1, 0.15) is 25.8 Å². The standard InChI is InChI=1S/C12H16/c1-3-11(2)9-10-12-7-5-4-6-8-12/h4-9H,3,10H2,1-2H3/b11-9+. The summed E-state index contributed by atoms with van der Waals surface area (Å²) in [6.45, 7) is 4.37. The molecule has 0 unspecified atom stereocenters. The lowest BCUT2D eigenvalue weighted by molar-refractivity contribution is 1.07. The fraction of sp³-hybridized carbons (Fsp3) is 0.333. The first-order valence-electron chi connectivity index (χ1n) is 4.52. The zero-order valence-corrected chi connectivity index (χ0v) is 7.88. The molecule has 0 spiro atoms.